The molecule has 0 radical (unpaired) electrons. The van der Waals surface area contributed by atoms with Gasteiger partial charge >= 0.3 is 17.9 Å². The van der Waals surface area contributed by atoms with Crippen molar-refractivity contribution < 1.29 is 28.6 Å². The Kier molecular flexibility index (Phi) is 66.3. The molecule has 0 spiro atoms. The largest absolute Gasteiger partial charge is 0.462 e. The van der Waals surface area contributed by atoms with Crippen molar-refractivity contribution in [1.29, 1.82) is 0 Å². The van der Waals surface area contributed by atoms with Gasteiger partial charge in [0.2, 0.25) is 0 Å². The molecule has 0 fully saturated rings. The van der Waals surface area contributed by atoms with Crippen LogP contribution in [0.1, 0.15) is 316 Å². The molecule has 0 aliphatic heterocycles. The molecule has 0 N–H and O–H groups in total. The first-order valence-corrected chi connectivity index (χ1v) is 34.7. The van der Waals surface area contributed by atoms with E-state index < -0.39 is 6.10 Å². The smallest absolute Gasteiger partial charge is 0.306 e. The highest BCUT2D eigenvalue weighted by Crippen LogP contribution is 2.15. The Morgan fingerprint density at radius 2 is 0.470 bits per heavy atom. The van der Waals surface area contributed by atoms with Crippen LogP contribution in [0.15, 0.2) is 134 Å². The molecule has 0 aromatic carbocycles. The fraction of sp³-hybridized carbons (Fsp3) is 0.675. The second kappa shape index (κ2) is 70.0. The van der Waals surface area contributed by atoms with Crippen LogP contribution in [0.25, 0.3) is 0 Å². The molecule has 0 bridgehead atoms. The van der Waals surface area contributed by atoms with Crippen molar-refractivity contribution in [2.24, 2.45) is 0 Å². The monoisotopic (exact) mass is 1150 g/mol. The number of carbonyl (C=O) groups excluding carboxylic acids is 3. The van der Waals surface area contributed by atoms with E-state index in [2.05, 4.69) is 154 Å². The Hall–Kier alpha value is -4.45. The van der Waals surface area contributed by atoms with E-state index in [9.17, 15) is 14.4 Å². The predicted molar refractivity (Wildman–Crippen MR) is 362 cm³/mol. The number of esters is 3. The molecule has 6 nitrogen and oxygen atoms in total. The molecule has 0 amide bonds. The molecule has 0 aliphatic carbocycles. The summed E-state index contributed by atoms with van der Waals surface area (Å²) in [5, 5.41) is 0. The molecule has 6 heteroatoms. The lowest BCUT2D eigenvalue weighted by molar-refractivity contribution is -0.167. The van der Waals surface area contributed by atoms with E-state index in [1.54, 1.807) is 0 Å². The molecule has 1 unspecified atom stereocenters. The first-order chi connectivity index (χ1) is 41.0. The summed E-state index contributed by atoms with van der Waals surface area (Å²) in [4.78, 5) is 38.4. The average Bonchev–Trinajstić information content (AvgIpc) is 3.49. The Bertz CT molecular complexity index is 1750. The molecular formula is C77H128O6. The zero-order valence-corrected chi connectivity index (χ0v) is 54.2. The SMILES string of the molecule is CC/C=C\C/C=C\C/C=C\C/C=C\C/C=C\C/C=C\C/C=C\C/C=C\CCCCC(=O)OCC(COC(=O)CCCCCCCCC/C=C\CCCCCCCC)OC(=O)CCCCCCCCCCC/C=C\C/C=C\CCCCCCC. The molecule has 0 rings (SSSR count). The van der Waals surface area contributed by atoms with E-state index in [1.165, 1.54) is 161 Å². The van der Waals surface area contributed by atoms with Crippen LogP contribution in [0, 0.1) is 0 Å². The first kappa shape index (κ1) is 78.5. The maximum Gasteiger partial charge on any atom is 0.306 e. The maximum atomic E-state index is 13.0. The fourth-order valence-electron chi connectivity index (χ4n) is 9.43. The summed E-state index contributed by atoms with van der Waals surface area (Å²) in [6.07, 6.45) is 98.9. The van der Waals surface area contributed by atoms with Crippen molar-refractivity contribution in [3.63, 3.8) is 0 Å². The van der Waals surface area contributed by atoms with Gasteiger partial charge in [0.1, 0.15) is 13.2 Å². The second-order valence-corrected chi connectivity index (χ2v) is 22.7. The average molecular weight is 1150 g/mol. The van der Waals surface area contributed by atoms with Crippen LogP contribution in [-0.4, -0.2) is 37.2 Å². The molecule has 0 heterocycles. The lowest BCUT2D eigenvalue weighted by Gasteiger charge is -2.18. The van der Waals surface area contributed by atoms with Crippen molar-refractivity contribution in [3.8, 4) is 0 Å². The van der Waals surface area contributed by atoms with Crippen LogP contribution in [0.4, 0.5) is 0 Å². The quantitative estimate of drug-likeness (QED) is 0.0261. The van der Waals surface area contributed by atoms with Crippen molar-refractivity contribution in [2.75, 3.05) is 13.2 Å². The number of carbonyl (C=O) groups is 3. The van der Waals surface area contributed by atoms with Gasteiger partial charge in [0.25, 0.3) is 0 Å². The minimum atomic E-state index is -0.807. The van der Waals surface area contributed by atoms with Crippen LogP contribution >= 0.6 is 0 Å². The van der Waals surface area contributed by atoms with Gasteiger partial charge in [0.05, 0.1) is 0 Å². The summed E-state index contributed by atoms with van der Waals surface area (Å²) in [5.74, 6) is -0.945. The minimum Gasteiger partial charge on any atom is -0.462 e. The topological polar surface area (TPSA) is 78.9 Å². The number of allylic oxidation sites excluding steroid dienone is 22. The van der Waals surface area contributed by atoms with Gasteiger partial charge in [-0.05, 0) is 141 Å². The van der Waals surface area contributed by atoms with Crippen LogP contribution in [0.2, 0.25) is 0 Å². The number of ether oxygens (including phenoxy) is 3. The highest BCUT2D eigenvalue weighted by molar-refractivity contribution is 5.71. The van der Waals surface area contributed by atoms with Gasteiger partial charge in [0, 0.05) is 19.3 Å². The first-order valence-electron chi connectivity index (χ1n) is 34.7. The predicted octanol–water partition coefficient (Wildman–Crippen LogP) is 24.1. The van der Waals surface area contributed by atoms with E-state index in [-0.39, 0.29) is 31.1 Å². The maximum absolute atomic E-state index is 13.0. The summed E-state index contributed by atoms with van der Waals surface area (Å²) in [6.45, 7) is 6.49. The third-order valence-corrected chi connectivity index (χ3v) is 14.6. The van der Waals surface area contributed by atoms with Crippen LogP contribution in [-0.2, 0) is 28.6 Å². The summed E-state index contributed by atoms with van der Waals surface area (Å²) >= 11 is 0. The molecule has 0 aliphatic rings. The van der Waals surface area contributed by atoms with E-state index in [0.717, 1.165) is 109 Å². The normalized spacial score (nSPS) is 13.0. The van der Waals surface area contributed by atoms with Crippen LogP contribution in [0.5, 0.6) is 0 Å². The minimum absolute atomic E-state index is 0.0984. The van der Waals surface area contributed by atoms with Gasteiger partial charge in [-0.25, -0.2) is 0 Å². The fourth-order valence-corrected chi connectivity index (χ4v) is 9.43. The summed E-state index contributed by atoms with van der Waals surface area (Å²) in [5.41, 5.74) is 0. The molecule has 0 aromatic heterocycles. The zero-order valence-electron chi connectivity index (χ0n) is 54.2. The lowest BCUT2D eigenvalue weighted by Crippen LogP contribution is -2.30. The molecule has 472 valence electrons. The van der Waals surface area contributed by atoms with Gasteiger partial charge in [-0.2, -0.15) is 0 Å². The molecule has 1 atom stereocenters. The van der Waals surface area contributed by atoms with E-state index in [0.29, 0.717) is 25.7 Å². The summed E-state index contributed by atoms with van der Waals surface area (Å²) in [6, 6.07) is 0. The van der Waals surface area contributed by atoms with Crippen LogP contribution < -0.4 is 0 Å². The van der Waals surface area contributed by atoms with Crippen molar-refractivity contribution in [3.05, 3.63) is 134 Å². The van der Waals surface area contributed by atoms with Crippen molar-refractivity contribution in [1.82, 2.24) is 0 Å². The van der Waals surface area contributed by atoms with E-state index in [1.807, 2.05) is 0 Å². The Balaban J connectivity index is 4.48. The van der Waals surface area contributed by atoms with Crippen molar-refractivity contribution >= 4 is 17.9 Å². The third kappa shape index (κ3) is 68.2. The number of hydrogen-bond donors (Lipinski definition) is 0. The van der Waals surface area contributed by atoms with Gasteiger partial charge < -0.3 is 14.2 Å². The molecule has 0 saturated heterocycles. The van der Waals surface area contributed by atoms with E-state index >= 15 is 0 Å². The zero-order chi connectivity index (χ0) is 59.9. The highest BCUT2D eigenvalue weighted by atomic mass is 16.6. The summed E-state index contributed by atoms with van der Waals surface area (Å²) in [7, 11) is 0. The van der Waals surface area contributed by atoms with Gasteiger partial charge in [-0.1, -0.05) is 289 Å². The van der Waals surface area contributed by atoms with Gasteiger partial charge in [-0.3, -0.25) is 14.4 Å². The Labute approximate surface area is 513 Å². The molecule has 0 saturated carbocycles. The van der Waals surface area contributed by atoms with Gasteiger partial charge in [0.15, 0.2) is 6.10 Å². The Morgan fingerprint density at radius 3 is 0.771 bits per heavy atom. The summed E-state index contributed by atoms with van der Waals surface area (Å²) < 4.78 is 16.9. The molecule has 0 aromatic rings. The number of unbranched alkanes of at least 4 members (excludes halogenated alkanes) is 29. The second-order valence-electron chi connectivity index (χ2n) is 22.7. The highest BCUT2D eigenvalue weighted by Gasteiger charge is 2.19. The van der Waals surface area contributed by atoms with Gasteiger partial charge in [-0.15, -0.1) is 0 Å². The lowest BCUT2D eigenvalue weighted by atomic mass is 10.1. The number of rotatable bonds is 62. The van der Waals surface area contributed by atoms with E-state index in [4.69, 9.17) is 14.2 Å². The molecular weight excluding hydrogens is 1020 g/mol. The third-order valence-electron chi connectivity index (χ3n) is 14.6. The van der Waals surface area contributed by atoms with Crippen molar-refractivity contribution in [2.45, 2.75) is 322 Å². The number of hydrogen-bond acceptors (Lipinski definition) is 6. The standard InChI is InChI=1S/C77H128O6/c1-4-7-10-13-16-19-22-25-28-31-33-35-36-37-38-39-40-42-43-46-49-52-55-58-61-64-67-70-76(79)82-73-74(72-81-75(78)69-66-63-60-57-54-51-48-45-30-27-24-21-18-15-12-9-6-3)83-77(80)71-68-65-62-59-56-53-50-47-44-41-34-32-29-26-23-20-17-14-11-8-5-2/h7,10,16,19,23,25-28,30,32-35,37-38,40,42,46,49,55,58,74H,4-6,8-9,11-15,17-18,20-22,24,29,31,36,39,41,43-45,47-48,50-54,56-57,59-73H2,1-3H3/b10-7-,19-16-,26-23-,28-25-,30-27-,34-32-,35-33-,38-37-,42-40-,49-46-,58-55-. The van der Waals surface area contributed by atoms with Crippen LogP contribution in [0.3, 0.4) is 0 Å². The molecule has 83 heavy (non-hydrogen) atoms. The Morgan fingerprint density at radius 1 is 0.253 bits per heavy atom.